The van der Waals surface area contributed by atoms with Crippen LogP contribution in [0.15, 0.2) is 46.3 Å². The third-order valence-corrected chi connectivity index (χ3v) is 3.72. The Kier molecular flexibility index (Phi) is 3.98. The lowest BCUT2D eigenvalue weighted by atomic mass is 10.2. The smallest absolute Gasteiger partial charge is 0.105 e. The Bertz CT molecular complexity index is 427. The second-order valence-electron chi connectivity index (χ2n) is 3.42. The first kappa shape index (κ1) is 11.6. The van der Waals surface area contributed by atoms with Gasteiger partial charge >= 0.3 is 0 Å². The number of aliphatic hydroxyl groups excluding tert-OH is 1. The van der Waals surface area contributed by atoms with Gasteiger partial charge in [-0.1, -0.05) is 22.0 Å². The molecular weight excluding hydrogens is 286 g/mol. The zero-order chi connectivity index (χ0) is 11.4. The Balaban J connectivity index is 1.90. The van der Waals surface area contributed by atoms with Crippen molar-refractivity contribution in [2.75, 3.05) is 11.9 Å². The second-order valence-corrected chi connectivity index (χ2v) is 5.31. The van der Waals surface area contributed by atoms with Crippen molar-refractivity contribution in [2.24, 2.45) is 0 Å². The van der Waals surface area contributed by atoms with E-state index in [4.69, 9.17) is 0 Å². The van der Waals surface area contributed by atoms with Crippen LogP contribution in [0.25, 0.3) is 0 Å². The summed E-state index contributed by atoms with van der Waals surface area (Å²) in [6, 6.07) is 11.8. The normalized spacial score (nSPS) is 12.4. The Morgan fingerprint density at radius 2 is 2.00 bits per heavy atom. The first-order valence-electron chi connectivity index (χ1n) is 4.96. The molecule has 2 nitrogen and oxygen atoms in total. The summed E-state index contributed by atoms with van der Waals surface area (Å²) < 4.78 is 1.05. The fourth-order valence-electron chi connectivity index (χ4n) is 1.36. The van der Waals surface area contributed by atoms with Crippen molar-refractivity contribution >= 4 is 33.0 Å². The van der Waals surface area contributed by atoms with Crippen LogP contribution in [0.3, 0.4) is 0 Å². The summed E-state index contributed by atoms with van der Waals surface area (Å²) in [5, 5.41) is 15.0. The molecule has 1 atom stereocenters. The molecule has 16 heavy (non-hydrogen) atoms. The van der Waals surface area contributed by atoms with Gasteiger partial charge in [-0.25, -0.2) is 0 Å². The molecule has 0 bridgehead atoms. The van der Waals surface area contributed by atoms with Crippen LogP contribution in [-0.4, -0.2) is 11.7 Å². The minimum Gasteiger partial charge on any atom is -0.386 e. The van der Waals surface area contributed by atoms with Crippen molar-refractivity contribution in [1.82, 2.24) is 0 Å². The SMILES string of the molecule is OC(CNc1ccc(Br)cc1)c1cccs1. The maximum atomic E-state index is 9.86. The van der Waals surface area contributed by atoms with Crippen LogP contribution in [0.5, 0.6) is 0 Å². The molecule has 0 aliphatic rings. The summed E-state index contributed by atoms with van der Waals surface area (Å²) in [6.45, 7) is 0.530. The quantitative estimate of drug-likeness (QED) is 0.903. The average molecular weight is 298 g/mol. The van der Waals surface area contributed by atoms with Gasteiger partial charge in [0.05, 0.1) is 0 Å². The van der Waals surface area contributed by atoms with Crippen LogP contribution < -0.4 is 5.32 Å². The number of benzene rings is 1. The van der Waals surface area contributed by atoms with Gasteiger partial charge < -0.3 is 10.4 Å². The summed E-state index contributed by atoms with van der Waals surface area (Å²) in [5.74, 6) is 0. The average Bonchev–Trinajstić information content (AvgIpc) is 2.81. The van der Waals surface area contributed by atoms with Crippen molar-refractivity contribution in [3.05, 3.63) is 51.1 Å². The first-order valence-corrected chi connectivity index (χ1v) is 6.64. The summed E-state index contributed by atoms with van der Waals surface area (Å²) in [7, 11) is 0. The molecule has 0 fully saturated rings. The van der Waals surface area contributed by atoms with Crippen molar-refractivity contribution in [2.45, 2.75) is 6.10 Å². The van der Waals surface area contributed by atoms with E-state index in [1.54, 1.807) is 11.3 Å². The van der Waals surface area contributed by atoms with Crippen LogP contribution in [0, 0.1) is 0 Å². The van der Waals surface area contributed by atoms with Crippen molar-refractivity contribution in [3.8, 4) is 0 Å². The minimum atomic E-state index is -0.441. The van der Waals surface area contributed by atoms with Crippen LogP contribution in [0.4, 0.5) is 5.69 Å². The van der Waals surface area contributed by atoms with E-state index >= 15 is 0 Å². The number of nitrogens with one attached hydrogen (secondary N) is 1. The van der Waals surface area contributed by atoms with E-state index < -0.39 is 6.10 Å². The number of hydrogen-bond donors (Lipinski definition) is 2. The summed E-state index contributed by atoms with van der Waals surface area (Å²) in [6.07, 6.45) is -0.441. The molecule has 0 saturated heterocycles. The summed E-state index contributed by atoms with van der Waals surface area (Å²) in [5.41, 5.74) is 1.01. The lowest BCUT2D eigenvalue weighted by Gasteiger charge is -2.11. The maximum absolute atomic E-state index is 9.86. The highest BCUT2D eigenvalue weighted by molar-refractivity contribution is 9.10. The molecule has 1 aromatic heterocycles. The Labute approximate surface area is 107 Å². The lowest BCUT2D eigenvalue weighted by molar-refractivity contribution is 0.195. The van der Waals surface area contributed by atoms with E-state index in [1.165, 1.54) is 0 Å². The molecule has 2 rings (SSSR count). The van der Waals surface area contributed by atoms with E-state index in [2.05, 4.69) is 21.2 Å². The molecule has 4 heteroatoms. The number of anilines is 1. The first-order chi connectivity index (χ1) is 7.75. The predicted octanol–water partition coefficient (Wildman–Crippen LogP) is 3.66. The van der Waals surface area contributed by atoms with Gasteiger partial charge in [0.2, 0.25) is 0 Å². The summed E-state index contributed by atoms with van der Waals surface area (Å²) >= 11 is 4.95. The molecule has 0 saturated carbocycles. The minimum absolute atomic E-state index is 0.441. The maximum Gasteiger partial charge on any atom is 0.105 e. The molecule has 2 aromatic rings. The van der Waals surface area contributed by atoms with Crippen molar-refractivity contribution in [1.29, 1.82) is 0 Å². The van der Waals surface area contributed by atoms with Gasteiger partial charge in [-0.05, 0) is 35.7 Å². The highest BCUT2D eigenvalue weighted by atomic mass is 79.9. The largest absolute Gasteiger partial charge is 0.386 e. The van der Waals surface area contributed by atoms with Gasteiger partial charge in [-0.15, -0.1) is 11.3 Å². The van der Waals surface area contributed by atoms with Gasteiger partial charge in [-0.3, -0.25) is 0 Å². The van der Waals surface area contributed by atoms with Gasteiger partial charge in [0.25, 0.3) is 0 Å². The van der Waals surface area contributed by atoms with Gasteiger partial charge in [0.15, 0.2) is 0 Å². The molecule has 0 radical (unpaired) electrons. The van der Waals surface area contributed by atoms with Crippen LogP contribution >= 0.6 is 27.3 Å². The van der Waals surface area contributed by atoms with E-state index in [9.17, 15) is 5.11 Å². The zero-order valence-corrected chi connectivity index (χ0v) is 11.0. The van der Waals surface area contributed by atoms with Gasteiger partial charge in [0.1, 0.15) is 6.10 Å². The second kappa shape index (κ2) is 5.48. The number of halogens is 1. The van der Waals surface area contributed by atoms with E-state index in [0.29, 0.717) is 6.54 Å². The lowest BCUT2D eigenvalue weighted by Crippen LogP contribution is -2.10. The predicted molar refractivity (Wildman–Crippen MR) is 71.9 cm³/mol. The summed E-state index contributed by atoms with van der Waals surface area (Å²) in [4.78, 5) is 0.990. The standard InChI is InChI=1S/C12H12BrNOS/c13-9-3-5-10(6-4-9)14-8-11(15)12-2-1-7-16-12/h1-7,11,14-15H,8H2. The van der Waals surface area contributed by atoms with Crippen LogP contribution in [-0.2, 0) is 0 Å². The topological polar surface area (TPSA) is 32.3 Å². The highest BCUT2D eigenvalue weighted by Gasteiger charge is 2.07. The zero-order valence-electron chi connectivity index (χ0n) is 8.56. The Hall–Kier alpha value is -0.840. The molecule has 1 heterocycles. The molecule has 0 amide bonds. The molecule has 0 aliphatic heterocycles. The third kappa shape index (κ3) is 3.07. The van der Waals surface area contributed by atoms with Crippen molar-refractivity contribution < 1.29 is 5.11 Å². The molecule has 0 spiro atoms. The monoisotopic (exact) mass is 297 g/mol. The fraction of sp³-hybridized carbons (Fsp3) is 0.167. The molecule has 1 unspecified atom stereocenters. The molecule has 1 aromatic carbocycles. The van der Waals surface area contributed by atoms with E-state index in [0.717, 1.165) is 15.0 Å². The van der Waals surface area contributed by atoms with Gasteiger partial charge in [-0.2, -0.15) is 0 Å². The molecule has 0 aliphatic carbocycles. The fourth-order valence-corrected chi connectivity index (χ4v) is 2.34. The van der Waals surface area contributed by atoms with Crippen LogP contribution in [0.2, 0.25) is 0 Å². The number of rotatable bonds is 4. The van der Waals surface area contributed by atoms with Gasteiger partial charge in [0, 0.05) is 21.6 Å². The molecule has 84 valence electrons. The molecule has 2 N–H and O–H groups in total. The van der Waals surface area contributed by atoms with Crippen LogP contribution in [0.1, 0.15) is 11.0 Å². The third-order valence-electron chi connectivity index (χ3n) is 2.22. The van der Waals surface area contributed by atoms with E-state index in [-0.39, 0.29) is 0 Å². The highest BCUT2D eigenvalue weighted by Crippen LogP contribution is 2.20. The molecular formula is C12H12BrNOS. The van der Waals surface area contributed by atoms with Crippen molar-refractivity contribution in [3.63, 3.8) is 0 Å². The Morgan fingerprint density at radius 3 is 2.62 bits per heavy atom. The number of hydrogen-bond acceptors (Lipinski definition) is 3. The number of thiophene rings is 1. The van der Waals surface area contributed by atoms with E-state index in [1.807, 2.05) is 41.8 Å². The Morgan fingerprint density at radius 1 is 1.25 bits per heavy atom. The number of aliphatic hydroxyl groups is 1.